The standard InChI is InChI=1S/C30H39NO11/c1-7-17(3)37-28(34)41-23-15-14-21(16-24(23)42-29(35)38-18(4)8-2)25(26(31)27(32)33)19(5)20(6)39-30(36)40-22-12-10-9-11-13-22/h9-20,25-26H,7-8,31H2,1-6H3,(H,32,33)/t17?,18?,19?,20?,25?,26-/m0/s1. The highest BCUT2D eigenvalue weighted by Gasteiger charge is 2.36. The molecular formula is C30H39NO11. The highest BCUT2D eigenvalue weighted by Crippen LogP contribution is 2.37. The van der Waals surface area contributed by atoms with E-state index >= 15 is 0 Å². The molecule has 0 fully saturated rings. The van der Waals surface area contributed by atoms with Gasteiger partial charge in [-0.3, -0.25) is 4.79 Å². The predicted molar refractivity (Wildman–Crippen MR) is 151 cm³/mol. The summed E-state index contributed by atoms with van der Waals surface area (Å²) < 4.78 is 31.6. The SMILES string of the molecule is CCC(C)OC(=O)Oc1ccc(C(C(C)C(C)OC(=O)Oc2ccccc2)[C@H](N)C(=O)O)cc1OC(=O)OC(C)CC. The molecule has 12 nitrogen and oxygen atoms in total. The van der Waals surface area contributed by atoms with Gasteiger partial charge in [0.15, 0.2) is 11.5 Å². The van der Waals surface area contributed by atoms with Gasteiger partial charge in [0.2, 0.25) is 0 Å². The average Bonchev–Trinajstić information content (AvgIpc) is 2.94. The van der Waals surface area contributed by atoms with E-state index in [1.54, 1.807) is 58.0 Å². The van der Waals surface area contributed by atoms with E-state index in [-0.39, 0.29) is 17.2 Å². The molecule has 0 heterocycles. The maximum atomic E-state index is 12.5. The molecular weight excluding hydrogens is 550 g/mol. The van der Waals surface area contributed by atoms with Crippen LogP contribution in [0.1, 0.15) is 65.9 Å². The van der Waals surface area contributed by atoms with Gasteiger partial charge in [0.1, 0.15) is 30.1 Å². The zero-order valence-corrected chi connectivity index (χ0v) is 24.6. The lowest BCUT2D eigenvalue weighted by molar-refractivity contribution is -0.139. The number of aliphatic carboxylic acids is 1. The van der Waals surface area contributed by atoms with Crippen LogP contribution in [-0.4, -0.2) is 53.9 Å². The molecule has 230 valence electrons. The van der Waals surface area contributed by atoms with Crippen LogP contribution in [0.2, 0.25) is 0 Å². The lowest BCUT2D eigenvalue weighted by Gasteiger charge is -2.31. The molecule has 5 unspecified atom stereocenters. The van der Waals surface area contributed by atoms with E-state index in [2.05, 4.69) is 0 Å². The third kappa shape index (κ3) is 10.3. The van der Waals surface area contributed by atoms with Crippen LogP contribution in [-0.2, 0) is 19.0 Å². The van der Waals surface area contributed by atoms with Crippen molar-refractivity contribution in [1.82, 2.24) is 0 Å². The monoisotopic (exact) mass is 589 g/mol. The molecule has 0 saturated carbocycles. The fraction of sp³-hybridized carbons (Fsp3) is 0.467. The second-order valence-corrected chi connectivity index (χ2v) is 9.82. The Morgan fingerprint density at radius 2 is 1.26 bits per heavy atom. The number of hydrogen-bond acceptors (Lipinski definition) is 11. The second-order valence-electron chi connectivity index (χ2n) is 9.82. The molecule has 2 aromatic carbocycles. The van der Waals surface area contributed by atoms with Crippen molar-refractivity contribution in [3.8, 4) is 17.2 Å². The van der Waals surface area contributed by atoms with Crippen molar-refractivity contribution in [2.24, 2.45) is 11.7 Å². The summed E-state index contributed by atoms with van der Waals surface area (Å²) in [6.07, 6.45) is -3.74. The lowest BCUT2D eigenvalue weighted by Crippen LogP contribution is -2.43. The number of ether oxygens (including phenoxy) is 6. The van der Waals surface area contributed by atoms with Crippen LogP contribution in [0.4, 0.5) is 14.4 Å². The number of carboxylic acids is 1. The van der Waals surface area contributed by atoms with Crippen molar-refractivity contribution in [3.05, 3.63) is 54.1 Å². The van der Waals surface area contributed by atoms with Gasteiger partial charge in [-0.05, 0) is 63.4 Å². The van der Waals surface area contributed by atoms with Crippen LogP contribution >= 0.6 is 0 Å². The topological polar surface area (TPSA) is 170 Å². The second kappa shape index (κ2) is 16.2. The van der Waals surface area contributed by atoms with Crippen LogP contribution in [0.3, 0.4) is 0 Å². The quantitative estimate of drug-likeness (QED) is 0.158. The molecule has 0 amide bonds. The van der Waals surface area contributed by atoms with E-state index in [0.717, 1.165) is 0 Å². The molecule has 0 bridgehead atoms. The van der Waals surface area contributed by atoms with Gasteiger partial charge in [-0.2, -0.15) is 0 Å². The van der Waals surface area contributed by atoms with Gasteiger partial charge in [0, 0.05) is 11.8 Å². The zero-order valence-electron chi connectivity index (χ0n) is 24.6. The van der Waals surface area contributed by atoms with Gasteiger partial charge < -0.3 is 39.3 Å². The number of nitrogens with two attached hydrogens (primary N) is 1. The zero-order chi connectivity index (χ0) is 31.4. The average molecular weight is 590 g/mol. The van der Waals surface area contributed by atoms with E-state index in [9.17, 15) is 24.3 Å². The summed E-state index contributed by atoms with van der Waals surface area (Å²) in [5, 5.41) is 9.79. The van der Waals surface area contributed by atoms with Gasteiger partial charge in [0.05, 0.1) is 0 Å². The molecule has 0 saturated heterocycles. The Morgan fingerprint density at radius 3 is 1.79 bits per heavy atom. The smallest absolute Gasteiger partial charge is 0.480 e. The van der Waals surface area contributed by atoms with Crippen molar-refractivity contribution >= 4 is 24.4 Å². The van der Waals surface area contributed by atoms with Crippen molar-refractivity contribution in [2.75, 3.05) is 0 Å². The lowest BCUT2D eigenvalue weighted by atomic mass is 9.79. The number of rotatable bonds is 13. The fourth-order valence-electron chi connectivity index (χ4n) is 3.77. The van der Waals surface area contributed by atoms with Gasteiger partial charge in [-0.25, -0.2) is 14.4 Å². The van der Waals surface area contributed by atoms with Gasteiger partial charge in [0.25, 0.3) is 0 Å². The molecule has 6 atom stereocenters. The Labute approximate surface area is 245 Å². The summed E-state index contributed by atoms with van der Waals surface area (Å²) >= 11 is 0. The first-order valence-corrected chi connectivity index (χ1v) is 13.7. The molecule has 0 aromatic heterocycles. The molecule has 0 aliphatic rings. The van der Waals surface area contributed by atoms with Crippen LogP contribution in [0, 0.1) is 5.92 Å². The maximum Gasteiger partial charge on any atom is 0.514 e. The minimum Gasteiger partial charge on any atom is -0.480 e. The number of carboxylic acid groups (broad SMARTS) is 1. The van der Waals surface area contributed by atoms with E-state index < -0.39 is 60.6 Å². The molecule has 3 N–H and O–H groups in total. The Bertz CT molecular complexity index is 1200. The molecule has 0 radical (unpaired) electrons. The number of carbonyl (C=O) groups is 4. The van der Waals surface area contributed by atoms with Crippen LogP contribution in [0.25, 0.3) is 0 Å². The predicted octanol–water partition coefficient (Wildman–Crippen LogP) is 6.05. The first-order chi connectivity index (χ1) is 19.9. The Balaban J connectivity index is 2.40. The van der Waals surface area contributed by atoms with Crippen LogP contribution in [0.15, 0.2) is 48.5 Å². The van der Waals surface area contributed by atoms with Crippen molar-refractivity contribution < 1.29 is 52.7 Å². The van der Waals surface area contributed by atoms with Gasteiger partial charge in [-0.1, -0.05) is 45.0 Å². The summed E-state index contributed by atoms with van der Waals surface area (Å²) in [6, 6.07) is 10.9. The number of benzene rings is 2. The fourth-order valence-corrected chi connectivity index (χ4v) is 3.77. The van der Waals surface area contributed by atoms with Gasteiger partial charge >= 0.3 is 24.4 Å². The minimum absolute atomic E-state index is 0.167. The van der Waals surface area contributed by atoms with E-state index in [1.807, 2.05) is 13.8 Å². The molecule has 42 heavy (non-hydrogen) atoms. The number of para-hydroxylation sites is 1. The summed E-state index contributed by atoms with van der Waals surface area (Å²) in [5.74, 6) is -3.08. The summed E-state index contributed by atoms with van der Waals surface area (Å²) in [4.78, 5) is 49.2. The first kappa shape index (κ1) is 33.9. The van der Waals surface area contributed by atoms with Crippen molar-refractivity contribution in [2.45, 2.75) is 84.7 Å². The number of carbonyl (C=O) groups excluding carboxylic acids is 3. The molecule has 0 aliphatic carbocycles. The summed E-state index contributed by atoms with van der Waals surface area (Å²) in [5.41, 5.74) is 6.40. The summed E-state index contributed by atoms with van der Waals surface area (Å²) in [7, 11) is 0. The van der Waals surface area contributed by atoms with Crippen molar-refractivity contribution in [1.29, 1.82) is 0 Å². The summed E-state index contributed by atoms with van der Waals surface area (Å²) in [6.45, 7) is 10.2. The van der Waals surface area contributed by atoms with E-state index in [0.29, 0.717) is 18.4 Å². The highest BCUT2D eigenvalue weighted by molar-refractivity contribution is 5.75. The Morgan fingerprint density at radius 1 is 0.738 bits per heavy atom. The highest BCUT2D eigenvalue weighted by atomic mass is 16.8. The Kier molecular flexibility index (Phi) is 13.1. The molecule has 0 spiro atoms. The Hall–Kier alpha value is -4.32. The molecule has 2 aromatic rings. The normalized spacial score (nSPS) is 15.1. The van der Waals surface area contributed by atoms with Crippen LogP contribution in [0.5, 0.6) is 17.2 Å². The van der Waals surface area contributed by atoms with Gasteiger partial charge in [-0.15, -0.1) is 0 Å². The van der Waals surface area contributed by atoms with E-state index in [1.165, 1.54) is 18.2 Å². The molecule has 12 heteroatoms. The number of hydrogen-bond donors (Lipinski definition) is 2. The molecule has 2 rings (SSSR count). The maximum absolute atomic E-state index is 12.5. The van der Waals surface area contributed by atoms with Crippen LogP contribution < -0.4 is 19.9 Å². The third-order valence-corrected chi connectivity index (χ3v) is 6.69. The third-order valence-electron chi connectivity index (χ3n) is 6.69. The first-order valence-electron chi connectivity index (χ1n) is 13.7. The van der Waals surface area contributed by atoms with E-state index in [4.69, 9.17) is 34.2 Å². The van der Waals surface area contributed by atoms with Crippen molar-refractivity contribution in [3.63, 3.8) is 0 Å². The largest absolute Gasteiger partial charge is 0.514 e. The molecule has 0 aliphatic heterocycles. The minimum atomic E-state index is -1.46.